The molecule has 522 valence electrons. The molecule has 3 fully saturated rings. The van der Waals surface area contributed by atoms with Crippen LogP contribution in [-0.2, 0) is 27.2 Å². The first-order valence-corrected chi connectivity index (χ1v) is 35.6. The van der Waals surface area contributed by atoms with Gasteiger partial charge < -0.3 is 20.0 Å². The lowest BCUT2D eigenvalue weighted by Crippen LogP contribution is -2.40. The van der Waals surface area contributed by atoms with Crippen molar-refractivity contribution in [1.29, 1.82) is 0 Å². The van der Waals surface area contributed by atoms with E-state index in [1.54, 1.807) is 60.9 Å². The number of pyridine rings is 4. The zero-order valence-electron chi connectivity index (χ0n) is 58.8. The number of aryl methyl sites for hydroxylation is 3. The van der Waals surface area contributed by atoms with E-state index in [-0.39, 0.29) is 47.5 Å². The number of carbonyl (C=O) groups excluding carboxylic acids is 5. The van der Waals surface area contributed by atoms with Crippen LogP contribution in [0.5, 0.6) is 0 Å². The van der Waals surface area contributed by atoms with Crippen molar-refractivity contribution in [1.82, 2.24) is 64.0 Å². The highest BCUT2D eigenvalue weighted by molar-refractivity contribution is 6.04. The van der Waals surface area contributed by atoms with Crippen molar-refractivity contribution in [2.24, 2.45) is 0 Å². The fraction of sp³-hybridized carbons (Fsp3) is 0.247. The number of rotatable bonds is 16. The monoisotopic (exact) mass is 1380 g/mol. The van der Waals surface area contributed by atoms with E-state index in [9.17, 15) is 24.0 Å². The van der Waals surface area contributed by atoms with E-state index in [2.05, 4.69) is 142 Å². The van der Waals surface area contributed by atoms with Crippen LogP contribution in [0.2, 0.25) is 0 Å². The molecule has 0 radical (unpaired) electrons. The summed E-state index contributed by atoms with van der Waals surface area (Å²) < 4.78 is 6.13. The molecule has 15 rings (SSSR count). The number of hydrogen-bond acceptors (Lipinski definition) is 12. The van der Waals surface area contributed by atoms with E-state index in [0.29, 0.717) is 49.5 Å². The van der Waals surface area contributed by atoms with Gasteiger partial charge in [0.15, 0.2) is 5.78 Å². The Morgan fingerprint density at radius 3 is 1.46 bits per heavy atom. The third-order valence-corrected chi connectivity index (χ3v) is 19.6. The third kappa shape index (κ3) is 15.9. The van der Waals surface area contributed by atoms with Gasteiger partial charge in [-0.05, 0) is 148 Å². The van der Waals surface area contributed by atoms with Gasteiger partial charge in [0.25, 0.3) is 11.8 Å². The van der Waals surface area contributed by atoms with Gasteiger partial charge in [-0.25, -0.2) is 4.98 Å². The molecule has 19 nitrogen and oxygen atoms in total. The lowest BCUT2D eigenvalue weighted by molar-refractivity contribution is -0.128. The second kappa shape index (κ2) is 32.6. The largest absolute Gasteiger partial charge is 0.337 e. The van der Waals surface area contributed by atoms with Crippen LogP contribution in [0.1, 0.15) is 114 Å². The van der Waals surface area contributed by atoms with Crippen LogP contribution in [0.25, 0.3) is 77.6 Å². The van der Waals surface area contributed by atoms with Gasteiger partial charge in [0.05, 0.1) is 34.7 Å². The van der Waals surface area contributed by atoms with Crippen molar-refractivity contribution in [3.63, 3.8) is 0 Å². The van der Waals surface area contributed by atoms with Crippen LogP contribution in [0.15, 0.2) is 226 Å². The summed E-state index contributed by atoms with van der Waals surface area (Å²) in [5.41, 5.74) is 15.8. The Hall–Kier alpha value is -12.3. The molecule has 19 heteroatoms. The smallest absolute Gasteiger partial charge is 0.298 e. The lowest BCUT2D eigenvalue weighted by atomic mass is 9.99. The zero-order chi connectivity index (χ0) is 72.1. The standard InChI is InChI=1S/C31H32N4O2.C27H24N6O2.C27H26N4O/c1-3-22-7-5-8-23(19-22)10-15-29(36)24-11-13-25(14-12-24)31-27-20-32-17-16-28(27)35(33-31)26-9-6-18-34(21-26)30(37)4-2;1-2-6-25(34)32-16-5-7-21(18-32)33-23-13-15-28-17-22(23)26(31-33)19-9-11-20(12-10-19)27(35)30-24-8-3-4-14-29-24;1-3-26(32)30-15-5-8-23(18-30)31-25-13-14-28-17-24(25)27(29-31)21-11-9-20(10-12-21)22-7-4-6-19(2)16-22/h4-5,7-8,11-14,16-17,19-20,26H,2-3,6,9-10,15,18,21H2,1H3;3-4,8-15,17,21H,5,7,16,18H2,1H3,(H,29,30,35);3-4,6-7,9-14,16-17,23H,1,5,8,15,18H2,2H3/t26-;21-;23-/m111/s1. The van der Waals surface area contributed by atoms with Gasteiger partial charge in [-0.1, -0.05) is 147 Å². The molecule has 3 aliphatic rings. The van der Waals surface area contributed by atoms with Crippen LogP contribution >= 0.6 is 0 Å². The van der Waals surface area contributed by atoms with E-state index < -0.39 is 0 Å². The molecule has 10 heterocycles. The van der Waals surface area contributed by atoms with Gasteiger partial charge in [0.1, 0.15) is 22.9 Å². The lowest BCUT2D eigenvalue weighted by Gasteiger charge is -2.32. The third-order valence-electron chi connectivity index (χ3n) is 19.6. The molecule has 0 aliphatic carbocycles. The molecule has 4 amide bonds. The number of aromatic nitrogens is 10. The normalized spacial score (nSPS) is 15.7. The summed E-state index contributed by atoms with van der Waals surface area (Å²) in [5, 5.41) is 20.7. The second-order valence-corrected chi connectivity index (χ2v) is 26.4. The molecule has 3 atom stereocenters. The summed E-state index contributed by atoms with van der Waals surface area (Å²) in [5.74, 6) is 5.56. The van der Waals surface area contributed by atoms with E-state index in [1.165, 1.54) is 40.0 Å². The molecule has 0 bridgehead atoms. The minimum Gasteiger partial charge on any atom is -0.337 e. The molecular weight excluding hydrogens is 1300 g/mol. The molecule has 1 N–H and O–H groups in total. The van der Waals surface area contributed by atoms with Crippen molar-refractivity contribution in [3.8, 4) is 56.7 Å². The second-order valence-electron chi connectivity index (χ2n) is 26.4. The Balaban J connectivity index is 0.000000139. The van der Waals surface area contributed by atoms with Gasteiger partial charge >= 0.3 is 0 Å². The molecule has 104 heavy (non-hydrogen) atoms. The Morgan fingerprint density at radius 1 is 0.510 bits per heavy atom. The molecule has 3 saturated heterocycles. The van der Waals surface area contributed by atoms with Crippen LogP contribution in [0.3, 0.4) is 0 Å². The van der Waals surface area contributed by atoms with Crippen LogP contribution in [0.4, 0.5) is 5.82 Å². The van der Waals surface area contributed by atoms with E-state index in [0.717, 1.165) is 131 Å². The number of ketones is 1. The fourth-order valence-electron chi connectivity index (χ4n) is 14.2. The topological polar surface area (TPSA) is 212 Å². The Morgan fingerprint density at radius 2 is 0.981 bits per heavy atom. The van der Waals surface area contributed by atoms with Crippen LogP contribution in [0, 0.1) is 18.8 Å². The molecule has 7 aromatic heterocycles. The number of Topliss-reactive ketones (excluding diaryl/α,β-unsaturated/α-hetero) is 1. The first-order valence-electron chi connectivity index (χ1n) is 35.6. The number of piperidine rings is 3. The summed E-state index contributed by atoms with van der Waals surface area (Å²) in [4.78, 5) is 84.9. The Bertz CT molecular complexity index is 5190. The van der Waals surface area contributed by atoms with Gasteiger partial charge in [-0.3, -0.25) is 53.0 Å². The maximum absolute atomic E-state index is 12.9. The number of benzene rings is 5. The summed E-state index contributed by atoms with van der Waals surface area (Å²) in [6.07, 6.45) is 23.1. The number of anilines is 1. The van der Waals surface area contributed by atoms with Crippen molar-refractivity contribution in [2.45, 2.75) is 96.7 Å². The maximum atomic E-state index is 12.9. The van der Waals surface area contributed by atoms with Crippen LogP contribution in [-0.4, -0.2) is 133 Å². The highest BCUT2D eigenvalue weighted by atomic mass is 16.2. The molecule has 12 aromatic rings. The highest BCUT2D eigenvalue weighted by Gasteiger charge is 2.30. The zero-order valence-corrected chi connectivity index (χ0v) is 58.8. The molecule has 0 unspecified atom stereocenters. The first-order chi connectivity index (χ1) is 50.8. The SMILES string of the molecule is C=CC(=O)N1CCC[C@@H](n2nc(-c3ccc(-c4cccc(C)c4)cc3)c3cnccc32)C1.C=CC(=O)N1CCC[C@@H](n2nc(-c3ccc(C(=O)CCc4cccc(CC)c4)cc3)c3cnccc32)C1.CC#CC(=O)N1CCC[C@@H](n2nc(-c3ccc(C(=O)Nc4ccccn4)cc3)c3cnccc32)C1. The number of fused-ring (bicyclic) bond motifs is 3. The van der Waals surface area contributed by atoms with Gasteiger partial charge in [-0.15, -0.1) is 0 Å². The summed E-state index contributed by atoms with van der Waals surface area (Å²) in [6, 6.07) is 52.2. The summed E-state index contributed by atoms with van der Waals surface area (Å²) >= 11 is 0. The predicted octanol–water partition coefficient (Wildman–Crippen LogP) is 15.2. The first kappa shape index (κ1) is 70.1. The Labute approximate surface area is 605 Å². The number of hydrogen-bond donors (Lipinski definition) is 1. The number of carbonyl (C=O) groups is 5. The van der Waals surface area contributed by atoms with Gasteiger partial charge in [-0.2, -0.15) is 15.3 Å². The highest BCUT2D eigenvalue weighted by Crippen LogP contribution is 2.37. The maximum Gasteiger partial charge on any atom is 0.298 e. The van der Waals surface area contributed by atoms with Gasteiger partial charge in [0, 0.05) is 133 Å². The quantitative estimate of drug-likeness (QED) is 0.0544. The van der Waals surface area contributed by atoms with E-state index >= 15 is 0 Å². The predicted molar refractivity (Wildman–Crippen MR) is 408 cm³/mol. The van der Waals surface area contributed by atoms with E-state index in [1.807, 2.05) is 98.4 Å². The number of likely N-dealkylation sites (tertiary alicyclic amines) is 3. The average molecular weight is 1380 g/mol. The molecule has 0 spiro atoms. The van der Waals surface area contributed by atoms with Crippen molar-refractivity contribution in [3.05, 3.63) is 254 Å². The minimum absolute atomic E-state index is 0.0141. The van der Waals surface area contributed by atoms with Gasteiger partial charge in [0.2, 0.25) is 11.8 Å². The molecule has 3 aliphatic heterocycles. The van der Waals surface area contributed by atoms with Crippen molar-refractivity contribution < 1.29 is 24.0 Å². The minimum atomic E-state index is -0.227. The summed E-state index contributed by atoms with van der Waals surface area (Å²) in [7, 11) is 0. The number of nitrogens with one attached hydrogen (secondary N) is 1. The average Bonchev–Trinajstić information content (AvgIpc) is 1.63. The molecular formula is C85H82N14O5. The number of amides is 4. The van der Waals surface area contributed by atoms with E-state index in [4.69, 9.17) is 15.3 Å². The fourth-order valence-corrected chi connectivity index (χ4v) is 14.2. The molecule has 5 aromatic carbocycles. The van der Waals surface area contributed by atoms with Crippen molar-refractivity contribution in [2.75, 3.05) is 44.6 Å². The number of nitrogens with zero attached hydrogens (tertiary/aromatic N) is 13. The molecule has 0 saturated carbocycles. The van der Waals surface area contributed by atoms with Crippen molar-refractivity contribution >= 4 is 67.9 Å². The summed E-state index contributed by atoms with van der Waals surface area (Å²) in [6.45, 7) is 17.2. The Kier molecular flexibility index (Phi) is 22.0. The van der Waals surface area contributed by atoms with Crippen LogP contribution < -0.4 is 5.32 Å².